The van der Waals surface area contributed by atoms with Gasteiger partial charge in [0.25, 0.3) is 0 Å². The number of ether oxygens (including phenoxy) is 1. The van der Waals surface area contributed by atoms with Gasteiger partial charge in [0.1, 0.15) is 11.4 Å². The zero-order valence-corrected chi connectivity index (χ0v) is 16.9. The molecule has 3 nitrogen and oxygen atoms in total. The van der Waals surface area contributed by atoms with Crippen LogP contribution in [0.2, 0.25) is 0 Å². The van der Waals surface area contributed by atoms with E-state index in [2.05, 4.69) is 57.4 Å². The van der Waals surface area contributed by atoms with Crippen LogP contribution in [0.5, 0.6) is 0 Å². The third-order valence-electron chi connectivity index (χ3n) is 4.69. The van der Waals surface area contributed by atoms with Crippen LogP contribution >= 0.6 is 0 Å². The number of hydrogen-bond donors (Lipinski definition) is 2. The number of benzene rings is 1. The Kier molecular flexibility index (Phi) is 8.24. The quantitative estimate of drug-likeness (QED) is 0.467. The highest BCUT2D eigenvalue weighted by molar-refractivity contribution is 5.68. The van der Waals surface area contributed by atoms with Gasteiger partial charge in [-0.2, -0.15) is 0 Å². The summed E-state index contributed by atoms with van der Waals surface area (Å²) in [6.07, 6.45) is 5.26. The number of aliphatic hydroxyl groups excluding tert-OH is 1. The Morgan fingerprint density at radius 1 is 1.27 bits per heavy atom. The van der Waals surface area contributed by atoms with Crippen molar-refractivity contribution >= 4 is 5.70 Å². The largest absolute Gasteiger partial charge is 0.513 e. The minimum absolute atomic E-state index is 0.165. The normalized spacial score (nSPS) is 14.5. The third kappa shape index (κ3) is 6.14. The fourth-order valence-corrected chi connectivity index (χ4v) is 2.59. The number of fused-ring (bicyclic) bond motifs is 1. The summed E-state index contributed by atoms with van der Waals surface area (Å²) in [5.41, 5.74) is 4.40. The molecule has 1 aromatic rings. The number of hydrogen-bond acceptors (Lipinski definition) is 3. The Hall–Kier alpha value is -2.42. The van der Waals surface area contributed by atoms with Gasteiger partial charge in [0.2, 0.25) is 0 Å². The van der Waals surface area contributed by atoms with Gasteiger partial charge in [0, 0.05) is 17.8 Å². The zero-order chi connectivity index (χ0) is 19.7. The molecule has 0 aliphatic carbocycles. The molecule has 0 fully saturated rings. The van der Waals surface area contributed by atoms with Crippen LogP contribution in [0.15, 0.2) is 66.7 Å². The van der Waals surface area contributed by atoms with Crippen LogP contribution in [-0.2, 0) is 11.3 Å². The van der Waals surface area contributed by atoms with Crippen molar-refractivity contribution < 1.29 is 9.84 Å². The number of nitrogens with one attached hydrogen (secondary N) is 1. The van der Waals surface area contributed by atoms with Gasteiger partial charge in [-0.3, -0.25) is 0 Å². The van der Waals surface area contributed by atoms with Gasteiger partial charge in [-0.15, -0.1) is 0 Å². The highest BCUT2D eigenvalue weighted by Crippen LogP contribution is 2.25. The summed E-state index contributed by atoms with van der Waals surface area (Å²) < 4.78 is 5.95. The molecule has 142 valence electrons. The summed E-state index contributed by atoms with van der Waals surface area (Å²) in [5.74, 6) is 1.01. The molecular weight excluding hydrogens is 322 g/mol. The molecule has 2 rings (SSSR count). The maximum absolute atomic E-state index is 9.22. The molecule has 0 spiro atoms. The highest BCUT2D eigenvalue weighted by Gasteiger charge is 2.22. The van der Waals surface area contributed by atoms with Crippen molar-refractivity contribution in [2.24, 2.45) is 0 Å². The molecule has 0 radical (unpaired) electrons. The van der Waals surface area contributed by atoms with Crippen molar-refractivity contribution in [3.05, 3.63) is 77.8 Å². The minimum atomic E-state index is -0.165. The fraction of sp³-hybridized carbons (Fsp3) is 0.391. The van der Waals surface area contributed by atoms with Gasteiger partial charge in [-0.1, -0.05) is 51.3 Å². The first kappa shape index (κ1) is 21.6. The van der Waals surface area contributed by atoms with Crippen LogP contribution in [0, 0.1) is 0 Å². The number of allylic oxidation sites excluding steroid dienone is 4. The Balaban J connectivity index is 0.000000284. The average Bonchev–Trinajstić information content (AvgIpc) is 3.01. The molecule has 0 saturated carbocycles. The summed E-state index contributed by atoms with van der Waals surface area (Å²) in [6, 6.07) is 8.31. The van der Waals surface area contributed by atoms with Crippen molar-refractivity contribution in [2.45, 2.75) is 59.6 Å². The lowest BCUT2D eigenvalue weighted by Gasteiger charge is -2.29. The maximum atomic E-state index is 9.22. The molecule has 1 aromatic carbocycles. The van der Waals surface area contributed by atoms with Crippen molar-refractivity contribution in [1.29, 1.82) is 0 Å². The molecule has 0 saturated heterocycles. The summed E-state index contributed by atoms with van der Waals surface area (Å²) >= 11 is 0. The molecule has 1 heterocycles. The molecule has 0 amide bonds. The van der Waals surface area contributed by atoms with E-state index in [1.807, 2.05) is 13.0 Å². The molecule has 0 unspecified atom stereocenters. The van der Waals surface area contributed by atoms with Crippen LogP contribution in [0.3, 0.4) is 0 Å². The lowest BCUT2D eigenvalue weighted by molar-refractivity contribution is 0.0167. The lowest BCUT2D eigenvalue weighted by Crippen LogP contribution is -2.26. The summed E-state index contributed by atoms with van der Waals surface area (Å²) in [4.78, 5) is 0. The van der Waals surface area contributed by atoms with Gasteiger partial charge in [-0.05, 0) is 56.9 Å². The predicted molar refractivity (Wildman–Crippen MR) is 112 cm³/mol. The Morgan fingerprint density at radius 2 is 1.88 bits per heavy atom. The predicted octanol–water partition coefficient (Wildman–Crippen LogP) is 6.26. The molecule has 0 aromatic heterocycles. The second-order valence-electron chi connectivity index (χ2n) is 6.79. The van der Waals surface area contributed by atoms with Crippen molar-refractivity contribution in [3.63, 3.8) is 0 Å². The van der Waals surface area contributed by atoms with Crippen molar-refractivity contribution in [3.8, 4) is 0 Å². The van der Waals surface area contributed by atoms with E-state index in [1.54, 1.807) is 19.1 Å². The van der Waals surface area contributed by atoms with E-state index < -0.39 is 0 Å². The number of rotatable bonds is 6. The Labute approximate surface area is 158 Å². The first-order valence-electron chi connectivity index (χ1n) is 9.17. The van der Waals surface area contributed by atoms with Crippen LogP contribution in [0.1, 0.15) is 58.6 Å². The highest BCUT2D eigenvalue weighted by atomic mass is 16.5. The average molecular weight is 356 g/mol. The van der Waals surface area contributed by atoms with E-state index in [4.69, 9.17) is 4.74 Å². The lowest BCUT2D eigenvalue weighted by atomic mass is 10.00. The first-order valence-corrected chi connectivity index (χ1v) is 9.17. The molecule has 3 heteroatoms. The van der Waals surface area contributed by atoms with E-state index >= 15 is 0 Å². The topological polar surface area (TPSA) is 41.5 Å². The maximum Gasteiger partial charge on any atom is 0.122 e. The zero-order valence-electron chi connectivity index (χ0n) is 16.9. The van der Waals surface area contributed by atoms with Gasteiger partial charge in [-0.25, -0.2) is 0 Å². The van der Waals surface area contributed by atoms with Crippen molar-refractivity contribution in [2.75, 3.05) is 0 Å². The van der Waals surface area contributed by atoms with E-state index in [0.29, 0.717) is 0 Å². The molecule has 1 aliphatic heterocycles. The second-order valence-corrected chi connectivity index (χ2v) is 6.79. The van der Waals surface area contributed by atoms with Crippen LogP contribution in [-0.4, -0.2) is 10.7 Å². The smallest absolute Gasteiger partial charge is 0.122 e. The third-order valence-corrected chi connectivity index (χ3v) is 4.69. The molecule has 0 bridgehead atoms. The van der Waals surface area contributed by atoms with E-state index in [-0.39, 0.29) is 11.4 Å². The summed E-state index contributed by atoms with van der Waals surface area (Å²) in [6.45, 7) is 18.4. The van der Waals surface area contributed by atoms with Gasteiger partial charge >= 0.3 is 0 Å². The van der Waals surface area contributed by atoms with E-state index in [9.17, 15) is 5.11 Å². The fourth-order valence-electron chi connectivity index (χ4n) is 2.59. The second kappa shape index (κ2) is 9.91. The van der Waals surface area contributed by atoms with Crippen LogP contribution < -0.4 is 5.32 Å². The monoisotopic (exact) mass is 355 g/mol. The summed E-state index contributed by atoms with van der Waals surface area (Å²) in [5, 5.41) is 12.4. The standard InChI is InChI=1S/C14H24O2.C9H9N/c1-7-13(11(4)10-12(5)15)16-14(6,8-2)9-3;1-7-9-5-3-2-4-8(9)6-10-7/h7,10,15H,1,8-9H2,2-6H3;2-5,10H,1,6H2/b12-10+,13-11+;. The van der Waals surface area contributed by atoms with Gasteiger partial charge in [0.05, 0.1) is 5.76 Å². The Morgan fingerprint density at radius 3 is 2.38 bits per heavy atom. The minimum Gasteiger partial charge on any atom is -0.513 e. The Bertz CT molecular complexity index is 690. The van der Waals surface area contributed by atoms with Crippen LogP contribution in [0.4, 0.5) is 0 Å². The van der Waals surface area contributed by atoms with Crippen molar-refractivity contribution in [1.82, 2.24) is 5.32 Å². The van der Waals surface area contributed by atoms with Gasteiger partial charge < -0.3 is 15.2 Å². The van der Waals surface area contributed by atoms with Crippen LogP contribution in [0.25, 0.3) is 5.70 Å². The molecule has 0 atom stereocenters. The SMILES string of the molecule is C=C/C(OC(C)(CC)CC)=C(C)\C=C(/C)O.C=C1NCc2ccccc21. The molecule has 26 heavy (non-hydrogen) atoms. The summed E-state index contributed by atoms with van der Waals surface area (Å²) in [7, 11) is 0. The first-order chi connectivity index (χ1) is 12.3. The van der Waals surface area contributed by atoms with Gasteiger partial charge in [0.15, 0.2) is 0 Å². The molecule has 2 N–H and O–H groups in total. The molecular formula is C23H33NO2. The number of aliphatic hydroxyl groups is 1. The van der Waals surface area contributed by atoms with E-state index in [0.717, 1.165) is 36.4 Å². The van der Waals surface area contributed by atoms with E-state index in [1.165, 1.54) is 11.1 Å². The molecule has 1 aliphatic rings.